The molecule has 0 aliphatic carbocycles. The molecule has 0 bridgehead atoms. The first-order valence-electron chi connectivity index (χ1n) is 5.65. The van der Waals surface area contributed by atoms with Crippen molar-refractivity contribution in [2.45, 2.75) is 26.4 Å². The normalized spacial score (nSPS) is 12.0. The third kappa shape index (κ3) is 4.39. The lowest BCUT2D eigenvalue weighted by atomic mass is 10.3. The number of nitrogens with one attached hydrogen (secondary N) is 2. The summed E-state index contributed by atoms with van der Waals surface area (Å²) in [4.78, 5) is 12.2. The lowest BCUT2D eigenvalue weighted by Crippen LogP contribution is -2.20. The van der Waals surface area contributed by atoms with Crippen molar-refractivity contribution in [3.63, 3.8) is 0 Å². The summed E-state index contributed by atoms with van der Waals surface area (Å²) in [5.41, 5.74) is 0. The van der Waals surface area contributed by atoms with Crippen molar-refractivity contribution in [1.29, 1.82) is 0 Å². The first-order chi connectivity index (χ1) is 8.19. The van der Waals surface area contributed by atoms with E-state index in [1.807, 2.05) is 13.8 Å². The summed E-state index contributed by atoms with van der Waals surface area (Å²) in [5.74, 6) is 0.841. The number of aliphatic hydroxyl groups is 1. The van der Waals surface area contributed by atoms with Crippen molar-refractivity contribution in [3.05, 3.63) is 0 Å². The Kier molecular flexibility index (Phi) is 5.41. The fraction of sp³-hybridized carbons (Fsp3) is 0.700. The quantitative estimate of drug-likeness (QED) is 0.640. The summed E-state index contributed by atoms with van der Waals surface area (Å²) in [7, 11) is 1.50. The van der Waals surface area contributed by atoms with Crippen LogP contribution in [0.2, 0.25) is 0 Å². The van der Waals surface area contributed by atoms with Crippen LogP contribution in [0.15, 0.2) is 0 Å². The molecule has 1 aromatic heterocycles. The maximum absolute atomic E-state index is 9.44. The molecule has 1 atom stereocenters. The van der Waals surface area contributed by atoms with Crippen molar-refractivity contribution in [2.75, 3.05) is 30.8 Å². The predicted molar refractivity (Wildman–Crippen MR) is 65.3 cm³/mol. The summed E-state index contributed by atoms with van der Waals surface area (Å²) in [5, 5.41) is 15.4. The van der Waals surface area contributed by atoms with Crippen molar-refractivity contribution in [1.82, 2.24) is 15.0 Å². The molecule has 7 nitrogen and oxygen atoms in total. The van der Waals surface area contributed by atoms with Crippen molar-refractivity contribution >= 4 is 11.9 Å². The fourth-order valence-corrected chi connectivity index (χ4v) is 1.12. The second-order valence-corrected chi connectivity index (χ2v) is 3.44. The van der Waals surface area contributed by atoms with Gasteiger partial charge in [-0.2, -0.15) is 15.0 Å². The maximum atomic E-state index is 9.44. The predicted octanol–water partition coefficient (Wildman–Crippen LogP) is 0.495. The molecule has 0 radical (unpaired) electrons. The Morgan fingerprint density at radius 3 is 2.35 bits per heavy atom. The van der Waals surface area contributed by atoms with Gasteiger partial charge in [0.25, 0.3) is 0 Å². The Hall–Kier alpha value is -1.63. The number of rotatable bonds is 7. The third-order valence-electron chi connectivity index (χ3n) is 2.10. The molecule has 1 aromatic rings. The van der Waals surface area contributed by atoms with E-state index in [0.29, 0.717) is 31.4 Å². The SMILES string of the molecule is CCNc1nc(NCC(O)CC)nc(OC)n1. The minimum absolute atomic E-state index is 0.240. The Morgan fingerprint density at radius 1 is 1.18 bits per heavy atom. The minimum atomic E-state index is -0.416. The van der Waals surface area contributed by atoms with Crippen LogP contribution in [0.3, 0.4) is 0 Å². The number of hydrogen-bond donors (Lipinski definition) is 3. The van der Waals surface area contributed by atoms with Crippen LogP contribution in [0.4, 0.5) is 11.9 Å². The summed E-state index contributed by atoms with van der Waals surface area (Å²) >= 11 is 0. The topological polar surface area (TPSA) is 92.2 Å². The number of ether oxygens (including phenoxy) is 1. The molecule has 17 heavy (non-hydrogen) atoms. The highest BCUT2D eigenvalue weighted by molar-refractivity contribution is 5.35. The average Bonchev–Trinajstić information content (AvgIpc) is 2.36. The van der Waals surface area contributed by atoms with Crippen LogP contribution >= 0.6 is 0 Å². The van der Waals surface area contributed by atoms with E-state index in [4.69, 9.17) is 4.74 Å². The molecule has 0 aromatic carbocycles. The number of methoxy groups -OCH3 is 1. The smallest absolute Gasteiger partial charge is 0.322 e. The van der Waals surface area contributed by atoms with Gasteiger partial charge in [0, 0.05) is 13.1 Å². The molecule has 0 spiro atoms. The second kappa shape index (κ2) is 6.85. The highest BCUT2D eigenvalue weighted by atomic mass is 16.5. The van der Waals surface area contributed by atoms with Crippen LogP contribution in [0.1, 0.15) is 20.3 Å². The summed E-state index contributed by atoms with van der Waals surface area (Å²) in [6, 6.07) is 0.240. The fourth-order valence-electron chi connectivity index (χ4n) is 1.12. The van der Waals surface area contributed by atoms with Gasteiger partial charge in [0.15, 0.2) is 0 Å². The van der Waals surface area contributed by atoms with Gasteiger partial charge < -0.3 is 20.5 Å². The van der Waals surface area contributed by atoms with Gasteiger partial charge >= 0.3 is 6.01 Å². The Bertz CT molecular complexity index is 347. The molecular formula is C10H19N5O2. The van der Waals surface area contributed by atoms with Gasteiger partial charge in [0.1, 0.15) is 0 Å². The molecule has 0 saturated heterocycles. The standard InChI is InChI=1S/C10H19N5O2/c1-4-7(16)6-12-9-13-8(11-5-2)14-10(15-9)17-3/h7,16H,4-6H2,1-3H3,(H2,11,12,13,14,15). The van der Waals surface area contributed by atoms with Crippen molar-refractivity contribution in [3.8, 4) is 6.01 Å². The van der Waals surface area contributed by atoms with Crippen LogP contribution in [-0.4, -0.2) is 46.4 Å². The van der Waals surface area contributed by atoms with E-state index in [0.717, 1.165) is 0 Å². The van der Waals surface area contributed by atoms with Crippen molar-refractivity contribution in [2.24, 2.45) is 0 Å². The summed E-state index contributed by atoms with van der Waals surface area (Å²) in [6.45, 7) is 4.97. The zero-order valence-electron chi connectivity index (χ0n) is 10.4. The largest absolute Gasteiger partial charge is 0.467 e. The summed E-state index contributed by atoms with van der Waals surface area (Å²) < 4.78 is 4.97. The molecule has 96 valence electrons. The zero-order valence-corrected chi connectivity index (χ0v) is 10.4. The highest BCUT2D eigenvalue weighted by Crippen LogP contribution is 2.10. The van der Waals surface area contributed by atoms with E-state index >= 15 is 0 Å². The van der Waals surface area contributed by atoms with Crippen molar-refractivity contribution < 1.29 is 9.84 Å². The van der Waals surface area contributed by atoms with Gasteiger partial charge in [-0.05, 0) is 13.3 Å². The number of hydrogen-bond acceptors (Lipinski definition) is 7. The van der Waals surface area contributed by atoms with Gasteiger partial charge in [-0.3, -0.25) is 0 Å². The summed E-state index contributed by atoms with van der Waals surface area (Å²) in [6.07, 6.45) is 0.260. The molecule has 1 rings (SSSR count). The molecule has 0 amide bonds. The highest BCUT2D eigenvalue weighted by Gasteiger charge is 2.07. The Balaban J connectivity index is 2.72. The molecule has 0 aliphatic rings. The van der Waals surface area contributed by atoms with Gasteiger partial charge in [0.2, 0.25) is 11.9 Å². The van der Waals surface area contributed by atoms with Crippen LogP contribution in [0.25, 0.3) is 0 Å². The molecule has 0 fully saturated rings. The van der Waals surface area contributed by atoms with Gasteiger partial charge in [-0.25, -0.2) is 0 Å². The average molecular weight is 241 g/mol. The molecule has 1 heterocycles. The Morgan fingerprint density at radius 2 is 1.82 bits per heavy atom. The van der Waals surface area contributed by atoms with Crippen LogP contribution in [0, 0.1) is 0 Å². The first-order valence-corrected chi connectivity index (χ1v) is 5.65. The van der Waals surface area contributed by atoms with Crippen LogP contribution < -0.4 is 15.4 Å². The molecule has 0 aliphatic heterocycles. The molecule has 0 saturated carbocycles. The molecular weight excluding hydrogens is 222 g/mol. The van der Waals surface area contributed by atoms with E-state index in [9.17, 15) is 5.11 Å². The van der Waals surface area contributed by atoms with E-state index < -0.39 is 6.10 Å². The number of nitrogens with zero attached hydrogens (tertiary/aromatic N) is 3. The monoisotopic (exact) mass is 241 g/mol. The number of anilines is 2. The third-order valence-corrected chi connectivity index (χ3v) is 2.10. The van der Waals surface area contributed by atoms with E-state index in [-0.39, 0.29) is 6.01 Å². The molecule has 1 unspecified atom stereocenters. The maximum Gasteiger partial charge on any atom is 0.322 e. The van der Waals surface area contributed by atoms with Gasteiger partial charge in [-0.1, -0.05) is 6.92 Å². The zero-order chi connectivity index (χ0) is 12.7. The number of aliphatic hydroxyl groups excluding tert-OH is 1. The Labute approximate surface area is 101 Å². The number of aromatic nitrogens is 3. The lowest BCUT2D eigenvalue weighted by Gasteiger charge is -2.11. The van der Waals surface area contributed by atoms with E-state index in [2.05, 4.69) is 25.6 Å². The molecule has 7 heteroatoms. The minimum Gasteiger partial charge on any atom is -0.467 e. The van der Waals surface area contributed by atoms with Gasteiger partial charge in [0.05, 0.1) is 13.2 Å². The van der Waals surface area contributed by atoms with Gasteiger partial charge in [-0.15, -0.1) is 0 Å². The van der Waals surface area contributed by atoms with Crippen LogP contribution in [0.5, 0.6) is 6.01 Å². The molecule has 3 N–H and O–H groups in total. The lowest BCUT2D eigenvalue weighted by molar-refractivity contribution is 0.183. The second-order valence-electron chi connectivity index (χ2n) is 3.44. The van der Waals surface area contributed by atoms with Crippen LogP contribution in [-0.2, 0) is 0 Å². The van der Waals surface area contributed by atoms with E-state index in [1.54, 1.807) is 0 Å². The first kappa shape index (κ1) is 13.4. The van der Waals surface area contributed by atoms with E-state index in [1.165, 1.54) is 7.11 Å².